The van der Waals surface area contributed by atoms with Crippen molar-refractivity contribution in [2.45, 2.75) is 26.3 Å². The minimum Gasteiger partial charge on any atom is -0.493 e. The molecule has 2 amide bonds. The molecule has 0 spiro atoms. The summed E-state index contributed by atoms with van der Waals surface area (Å²) in [5.74, 6) is 1.37. The molecule has 1 heterocycles. The van der Waals surface area contributed by atoms with Crippen LogP contribution in [0.1, 0.15) is 25.3 Å². The highest BCUT2D eigenvalue weighted by Gasteiger charge is 2.20. The Kier molecular flexibility index (Phi) is 7.18. The Hall–Kier alpha value is -1.95. The van der Waals surface area contributed by atoms with Crippen LogP contribution in [0.25, 0.3) is 0 Å². The number of piperazine rings is 1. The van der Waals surface area contributed by atoms with Gasteiger partial charge in [-0.3, -0.25) is 4.90 Å². The van der Waals surface area contributed by atoms with Gasteiger partial charge in [-0.15, -0.1) is 0 Å². The van der Waals surface area contributed by atoms with E-state index in [1.807, 2.05) is 23.1 Å². The molecule has 6 nitrogen and oxygen atoms in total. The normalized spacial score (nSPS) is 15.2. The van der Waals surface area contributed by atoms with Crippen LogP contribution in [0, 0.1) is 0 Å². The molecule has 1 saturated heterocycles. The van der Waals surface area contributed by atoms with E-state index in [1.54, 1.807) is 14.2 Å². The van der Waals surface area contributed by atoms with Crippen LogP contribution in [0.5, 0.6) is 11.5 Å². The third-order valence-electron chi connectivity index (χ3n) is 4.38. The van der Waals surface area contributed by atoms with Crippen LogP contribution in [0.4, 0.5) is 4.79 Å². The largest absolute Gasteiger partial charge is 0.493 e. The smallest absolute Gasteiger partial charge is 0.317 e. The number of amides is 2. The molecule has 6 heteroatoms. The Morgan fingerprint density at radius 1 is 1.12 bits per heavy atom. The maximum Gasteiger partial charge on any atom is 0.317 e. The van der Waals surface area contributed by atoms with Gasteiger partial charge in [0.25, 0.3) is 0 Å². The summed E-state index contributed by atoms with van der Waals surface area (Å²) in [5.41, 5.74) is 0.989. The fourth-order valence-electron chi connectivity index (χ4n) is 2.84. The van der Waals surface area contributed by atoms with Crippen LogP contribution in [0.2, 0.25) is 0 Å². The zero-order valence-corrected chi connectivity index (χ0v) is 15.0. The van der Waals surface area contributed by atoms with Crippen LogP contribution >= 0.6 is 0 Å². The van der Waals surface area contributed by atoms with Crippen molar-refractivity contribution in [3.8, 4) is 11.5 Å². The molecule has 0 unspecified atom stereocenters. The van der Waals surface area contributed by atoms with Gasteiger partial charge in [-0.05, 0) is 30.7 Å². The molecule has 1 aliphatic rings. The molecule has 2 rings (SSSR count). The predicted octanol–water partition coefficient (Wildman–Crippen LogP) is 2.33. The summed E-state index contributed by atoms with van der Waals surface area (Å²) in [4.78, 5) is 16.6. The van der Waals surface area contributed by atoms with Gasteiger partial charge in [0, 0.05) is 32.7 Å². The molecule has 134 valence electrons. The number of hydrogen-bond donors (Lipinski definition) is 1. The number of nitrogens with zero attached hydrogens (tertiary/aromatic N) is 2. The molecule has 1 aliphatic heterocycles. The topological polar surface area (TPSA) is 54.0 Å². The third kappa shape index (κ3) is 5.03. The number of rotatable bonds is 7. The lowest BCUT2D eigenvalue weighted by Crippen LogP contribution is -2.51. The second-order valence-electron chi connectivity index (χ2n) is 6.03. The minimum atomic E-state index is -0.0000681. The highest BCUT2D eigenvalue weighted by molar-refractivity contribution is 5.74. The second kappa shape index (κ2) is 9.37. The lowest BCUT2D eigenvalue weighted by atomic mass is 10.2. The Morgan fingerprint density at radius 3 is 2.46 bits per heavy atom. The number of unbranched alkanes of at least 4 members (excludes halogenated alkanes) is 1. The number of urea groups is 1. The van der Waals surface area contributed by atoms with Gasteiger partial charge >= 0.3 is 6.03 Å². The first-order chi connectivity index (χ1) is 11.7. The number of ether oxygens (including phenoxy) is 2. The number of methoxy groups -OCH3 is 2. The van der Waals surface area contributed by atoms with Crippen LogP contribution in [0.3, 0.4) is 0 Å². The lowest BCUT2D eigenvalue weighted by Gasteiger charge is -2.34. The van der Waals surface area contributed by atoms with E-state index in [1.165, 1.54) is 12.8 Å². The Balaban J connectivity index is 1.79. The number of carbonyl (C=O) groups is 1. The first-order valence-corrected chi connectivity index (χ1v) is 8.64. The van der Waals surface area contributed by atoms with Crippen molar-refractivity contribution >= 4 is 6.03 Å². The van der Waals surface area contributed by atoms with Crippen LogP contribution in [-0.4, -0.2) is 62.8 Å². The van der Waals surface area contributed by atoms with E-state index in [0.29, 0.717) is 18.0 Å². The summed E-state index contributed by atoms with van der Waals surface area (Å²) in [5, 5.41) is 2.99. The van der Waals surface area contributed by atoms with Crippen LogP contribution in [0.15, 0.2) is 18.2 Å². The van der Waals surface area contributed by atoms with Gasteiger partial charge in [-0.1, -0.05) is 19.4 Å². The van der Waals surface area contributed by atoms with Crippen molar-refractivity contribution in [3.05, 3.63) is 23.8 Å². The Morgan fingerprint density at radius 2 is 1.83 bits per heavy atom. The molecular formula is C18H29N3O3. The van der Waals surface area contributed by atoms with E-state index in [9.17, 15) is 4.79 Å². The van der Waals surface area contributed by atoms with Gasteiger partial charge in [0.2, 0.25) is 0 Å². The molecule has 1 fully saturated rings. The molecule has 0 saturated carbocycles. The van der Waals surface area contributed by atoms with Crippen LogP contribution < -0.4 is 14.8 Å². The van der Waals surface area contributed by atoms with Crippen molar-refractivity contribution in [1.82, 2.24) is 15.1 Å². The zero-order valence-electron chi connectivity index (χ0n) is 15.0. The van der Waals surface area contributed by atoms with E-state index >= 15 is 0 Å². The van der Waals surface area contributed by atoms with Gasteiger partial charge < -0.3 is 19.7 Å². The van der Waals surface area contributed by atoms with Gasteiger partial charge in [-0.2, -0.15) is 0 Å². The molecule has 1 N–H and O–H groups in total. The van der Waals surface area contributed by atoms with Gasteiger partial charge in [0.05, 0.1) is 14.2 Å². The first-order valence-electron chi connectivity index (χ1n) is 8.64. The zero-order chi connectivity index (χ0) is 17.4. The Labute approximate surface area is 144 Å². The summed E-state index contributed by atoms with van der Waals surface area (Å²) in [6.07, 6.45) is 2.44. The number of carbonyl (C=O) groups excluding carboxylic acids is 1. The van der Waals surface area contributed by atoms with E-state index < -0.39 is 0 Å². The van der Waals surface area contributed by atoms with Crippen LogP contribution in [-0.2, 0) is 6.54 Å². The number of benzene rings is 1. The highest BCUT2D eigenvalue weighted by Crippen LogP contribution is 2.27. The maximum atomic E-state index is 12.3. The molecule has 1 aromatic carbocycles. The van der Waals surface area contributed by atoms with Crippen molar-refractivity contribution in [1.29, 1.82) is 0 Å². The average molecular weight is 335 g/mol. The van der Waals surface area contributed by atoms with Gasteiger partial charge in [0.15, 0.2) is 11.5 Å². The van der Waals surface area contributed by atoms with Crippen molar-refractivity contribution < 1.29 is 14.3 Å². The van der Waals surface area contributed by atoms with Crippen molar-refractivity contribution in [3.63, 3.8) is 0 Å². The maximum absolute atomic E-state index is 12.3. The monoisotopic (exact) mass is 335 g/mol. The minimum absolute atomic E-state index is 0.0000681. The summed E-state index contributed by atoms with van der Waals surface area (Å²) < 4.78 is 10.5. The van der Waals surface area contributed by atoms with Gasteiger partial charge in [0.1, 0.15) is 0 Å². The predicted molar refractivity (Wildman–Crippen MR) is 94.7 cm³/mol. The molecular weight excluding hydrogens is 306 g/mol. The Bertz CT molecular complexity index is 528. The van der Waals surface area contributed by atoms with E-state index in [0.717, 1.165) is 38.3 Å². The summed E-state index contributed by atoms with van der Waals surface area (Å²) >= 11 is 0. The standard InChI is InChI=1S/C18H29N3O3/c1-4-5-8-20-9-11-21(12-10-20)18(22)19-14-15-6-7-16(23-2)17(13-15)24-3/h6-7,13H,4-5,8-12,14H2,1-3H3,(H,19,22). The molecule has 0 aliphatic carbocycles. The molecule has 0 atom stereocenters. The first kappa shape index (κ1) is 18.4. The fourth-order valence-corrected chi connectivity index (χ4v) is 2.84. The third-order valence-corrected chi connectivity index (χ3v) is 4.38. The van der Waals surface area contributed by atoms with Crippen molar-refractivity contribution in [2.75, 3.05) is 46.9 Å². The van der Waals surface area contributed by atoms with E-state index in [4.69, 9.17) is 9.47 Å². The average Bonchev–Trinajstić information content (AvgIpc) is 2.64. The lowest BCUT2D eigenvalue weighted by molar-refractivity contribution is 0.138. The van der Waals surface area contributed by atoms with Gasteiger partial charge in [-0.25, -0.2) is 4.79 Å². The molecule has 0 aromatic heterocycles. The number of hydrogen-bond acceptors (Lipinski definition) is 4. The molecule has 0 bridgehead atoms. The summed E-state index contributed by atoms with van der Waals surface area (Å²) in [6, 6.07) is 5.68. The molecule has 0 radical (unpaired) electrons. The molecule has 24 heavy (non-hydrogen) atoms. The SMILES string of the molecule is CCCCN1CCN(C(=O)NCc2ccc(OC)c(OC)c2)CC1. The summed E-state index contributed by atoms with van der Waals surface area (Å²) in [7, 11) is 3.22. The number of nitrogens with one attached hydrogen (secondary N) is 1. The van der Waals surface area contributed by atoms with Crippen molar-refractivity contribution in [2.24, 2.45) is 0 Å². The van der Waals surface area contributed by atoms with E-state index in [2.05, 4.69) is 17.1 Å². The summed E-state index contributed by atoms with van der Waals surface area (Å²) in [6.45, 7) is 7.33. The quantitative estimate of drug-likeness (QED) is 0.831. The molecule has 1 aromatic rings. The second-order valence-corrected chi connectivity index (χ2v) is 6.03. The highest BCUT2D eigenvalue weighted by atomic mass is 16.5. The van der Waals surface area contributed by atoms with E-state index in [-0.39, 0.29) is 6.03 Å². The fraction of sp³-hybridized carbons (Fsp3) is 0.611.